The summed E-state index contributed by atoms with van der Waals surface area (Å²) in [5, 5.41) is 0. The molecule has 0 spiro atoms. The van der Waals surface area contributed by atoms with Crippen molar-refractivity contribution in [2.75, 3.05) is 5.88 Å². The summed E-state index contributed by atoms with van der Waals surface area (Å²) in [6.07, 6.45) is 5.50. The predicted octanol–water partition coefficient (Wildman–Crippen LogP) is 3.44. The van der Waals surface area contributed by atoms with Gasteiger partial charge in [-0.3, -0.25) is 0 Å². The predicted molar refractivity (Wildman–Crippen MR) is 46.5 cm³/mol. The number of alkyl halides is 1. The van der Waals surface area contributed by atoms with Crippen molar-refractivity contribution in [1.82, 2.24) is 0 Å². The van der Waals surface area contributed by atoms with Gasteiger partial charge in [-0.05, 0) is 24.2 Å². The summed E-state index contributed by atoms with van der Waals surface area (Å²) in [6.45, 7) is 4.60. The lowest BCUT2D eigenvalue weighted by atomic mass is 9.78. The fourth-order valence-corrected chi connectivity index (χ4v) is 2.52. The average molecular weight is 161 g/mol. The minimum absolute atomic E-state index is 0.502. The first kappa shape index (κ1) is 8.39. The zero-order valence-corrected chi connectivity index (χ0v) is 7.75. The topological polar surface area (TPSA) is 0 Å². The van der Waals surface area contributed by atoms with Crippen LogP contribution in [-0.2, 0) is 0 Å². The molecule has 0 unspecified atom stereocenters. The van der Waals surface area contributed by atoms with Crippen LogP contribution in [0.2, 0.25) is 0 Å². The van der Waals surface area contributed by atoms with Gasteiger partial charge in [0.25, 0.3) is 0 Å². The standard InChI is InChI=1S/C9H17Cl/c1-8(2)9(7-10)5-3-4-6-9/h8H,3-7H2,1-2H3. The van der Waals surface area contributed by atoms with E-state index in [-0.39, 0.29) is 0 Å². The van der Waals surface area contributed by atoms with Crippen molar-refractivity contribution in [3.63, 3.8) is 0 Å². The molecule has 1 saturated carbocycles. The third kappa shape index (κ3) is 1.32. The van der Waals surface area contributed by atoms with E-state index in [1.807, 2.05) is 0 Å². The SMILES string of the molecule is CC(C)C1(CCl)CCCC1. The molecule has 0 heterocycles. The summed E-state index contributed by atoms with van der Waals surface area (Å²) in [7, 11) is 0. The molecule has 1 fully saturated rings. The Kier molecular flexibility index (Phi) is 2.62. The highest BCUT2D eigenvalue weighted by atomic mass is 35.5. The van der Waals surface area contributed by atoms with Gasteiger partial charge < -0.3 is 0 Å². The Hall–Kier alpha value is 0.290. The lowest BCUT2D eigenvalue weighted by Gasteiger charge is -2.30. The van der Waals surface area contributed by atoms with Crippen molar-refractivity contribution in [3.05, 3.63) is 0 Å². The minimum Gasteiger partial charge on any atom is -0.126 e. The van der Waals surface area contributed by atoms with Gasteiger partial charge in [0.1, 0.15) is 0 Å². The zero-order valence-electron chi connectivity index (χ0n) is 6.99. The van der Waals surface area contributed by atoms with Gasteiger partial charge in [0.15, 0.2) is 0 Å². The molecule has 0 radical (unpaired) electrons. The van der Waals surface area contributed by atoms with E-state index < -0.39 is 0 Å². The molecule has 0 amide bonds. The molecule has 0 bridgehead atoms. The summed E-state index contributed by atoms with van der Waals surface area (Å²) in [4.78, 5) is 0. The monoisotopic (exact) mass is 160 g/mol. The van der Waals surface area contributed by atoms with Crippen LogP contribution in [0.1, 0.15) is 39.5 Å². The van der Waals surface area contributed by atoms with Gasteiger partial charge in [-0.1, -0.05) is 26.7 Å². The minimum atomic E-state index is 0.502. The molecule has 1 rings (SSSR count). The molecule has 0 nitrogen and oxygen atoms in total. The number of hydrogen-bond donors (Lipinski definition) is 0. The molecular formula is C9H17Cl. The van der Waals surface area contributed by atoms with Crippen LogP contribution in [0.3, 0.4) is 0 Å². The largest absolute Gasteiger partial charge is 0.126 e. The van der Waals surface area contributed by atoms with E-state index in [2.05, 4.69) is 13.8 Å². The number of rotatable bonds is 2. The van der Waals surface area contributed by atoms with Crippen molar-refractivity contribution < 1.29 is 0 Å². The lowest BCUT2D eigenvalue weighted by Crippen LogP contribution is -2.25. The van der Waals surface area contributed by atoms with Gasteiger partial charge in [-0.15, -0.1) is 11.6 Å². The molecule has 0 aliphatic heterocycles. The molecule has 1 heteroatoms. The summed E-state index contributed by atoms with van der Waals surface area (Å²) in [5.41, 5.74) is 0.502. The van der Waals surface area contributed by atoms with Crippen LogP contribution >= 0.6 is 11.6 Å². The van der Waals surface area contributed by atoms with Crippen LogP contribution < -0.4 is 0 Å². The van der Waals surface area contributed by atoms with Crippen LogP contribution in [-0.4, -0.2) is 5.88 Å². The van der Waals surface area contributed by atoms with Crippen LogP contribution in [0, 0.1) is 11.3 Å². The maximum atomic E-state index is 5.96. The van der Waals surface area contributed by atoms with Crippen molar-refractivity contribution in [2.24, 2.45) is 11.3 Å². The second-order valence-electron chi connectivity index (χ2n) is 3.86. The van der Waals surface area contributed by atoms with Crippen molar-refractivity contribution in [1.29, 1.82) is 0 Å². The maximum absolute atomic E-state index is 5.96. The molecule has 10 heavy (non-hydrogen) atoms. The molecule has 60 valence electrons. The number of hydrogen-bond acceptors (Lipinski definition) is 0. The second-order valence-corrected chi connectivity index (χ2v) is 4.13. The average Bonchev–Trinajstić information content (AvgIpc) is 2.35. The third-order valence-corrected chi connectivity index (χ3v) is 3.62. The van der Waals surface area contributed by atoms with Gasteiger partial charge in [0.2, 0.25) is 0 Å². The van der Waals surface area contributed by atoms with E-state index in [0.717, 1.165) is 11.8 Å². The Balaban J connectivity index is 2.58. The van der Waals surface area contributed by atoms with Gasteiger partial charge in [-0.25, -0.2) is 0 Å². The van der Waals surface area contributed by atoms with E-state index in [9.17, 15) is 0 Å². The highest BCUT2D eigenvalue weighted by Gasteiger charge is 2.35. The van der Waals surface area contributed by atoms with Gasteiger partial charge in [-0.2, -0.15) is 0 Å². The second kappa shape index (κ2) is 3.13. The molecule has 0 N–H and O–H groups in total. The molecule has 1 aliphatic rings. The van der Waals surface area contributed by atoms with Crippen LogP contribution in [0.4, 0.5) is 0 Å². The highest BCUT2D eigenvalue weighted by Crippen LogP contribution is 2.44. The van der Waals surface area contributed by atoms with E-state index >= 15 is 0 Å². The molecule has 0 aromatic rings. The molecule has 0 atom stereocenters. The Bertz CT molecular complexity index is 101. The van der Waals surface area contributed by atoms with Gasteiger partial charge in [0.05, 0.1) is 0 Å². The molecule has 0 saturated heterocycles. The van der Waals surface area contributed by atoms with E-state index in [1.54, 1.807) is 0 Å². The maximum Gasteiger partial charge on any atom is 0.0282 e. The van der Waals surface area contributed by atoms with Crippen molar-refractivity contribution >= 4 is 11.6 Å². The summed E-state index contributed by atoms with van der Waals surface area (Å²) in [6, 6.07) is 0. The zero-order chi connectivity index (χ0) is 7.61. The molecule has 0 aromatic heterocycles. The highest BCUT2D eigenvalue weighted by molar-refractivity contribution is 6.18. The van der Waals surface area contributed by atoms with Crippen LogP contribution in [0.15, 0.2) is 0 Å². The first-order valence-electron chi connectivity index (χ1n) is 4.27. The normalized spacial score (nSPS) is 24.0. The fourth-order valence-electron chi connectivity index (χ4n) is 1.94. The smallest absolute Gasteiger partial charge is 0.0282 e. The summed E-state index contributed by atoms with van der Waals surface area (Å²) < 4.78 is 0. The number of halogens is 1. The first-order valence-corrected chi connectivity index (χ1v) is 4.81. The third-order valence-electron chi connectivity index (χ3n) is 3.09. The summed E-state index contributed by atoms with van der Waals surface area (Å²) in [5.74, 6) is 1.64. The lowest BCUT2D eigenvalue weighted by molar-refractivity contribution is 0.233. The van der Waals surface area contributed by atoms with Crippen molar-refractivity contribution in [3.8, 4) is 0 Å². The van der Waals surface area contributed by atoms with Gasteiger partial charge >= 0.3 is 0 Å². The Labute approximate surface area is 69.0 Å². The quantitative estimate of drug-likeness (QED) is 0.543. The molecule has 1 aliphatic carbocycles. The summed E-state index contributed by atoms with van der Waals surface area (Å²) >= 11 is 5.96. The Morgan fingerprint density at radius 1 is 1.30 bits per heavy atom. The Morgan fingerprint density at radius 3 is 2.00 bits per heavy atom. The first-order chi connectivity index (χ1) is 4.71. The van der Waals surface area contributed by atoms with E-state index in [1.165, 1.54) is 25.7 Å². The molecular weight excluding hydrogens is 144 g/mol. The fraction of sp³-hybridized carbons (Fsp3) is 1.00. The van der Waals surface area contributed by atoms with E-state index in [4.69, 9.17) is 11.6 Å². The molecule has 0 aromatic carbocycles. The van der Waals surface area contributed by atoms with Crippen LogP contribution in [0.5, 0.6) is 0 Å². The van der Waals surface area contributed by atoms with E-state index in [0.29, 0.717) is 5.41 Å². The van der Waals surface area contributed by atoms with Crippen LogP contribution in [0.25, 0.3) is 0 Å². The van der Waals surface area contributed by atoms with Gasteiger partial charge in [0, 0.05) is 5.88 Å². The van der Waals surface area contributed by atoms with Crippen molar-refractivity contribution in [2.45, 2.75) is 39.5 Å². The Morgan fingerprint density at radius 2 is 1.80 bits per heavy atom.